The van der Waals surface area contributed by atoms with Crippen molar-refractivity contribution in [3.05, 3.63) is 45.4 Å². The standard InChI is InChI=1S/C22H30N2O4S/c1-14(2)8-9-24-15(3)11-18(16(24)4)20(26)13-28-22(27)12-19(23-17(5)25)21-7-6-10-29-21/h6-7,10-11,14,19H,8-9,12-13H2,1-5H3,(H,23,25). The topological polar surface area (TPSA) is 77.4 Å². The van der Waals surface area contributed by atoms with Crippen LogP contribution < -0.4 is 5.32 Å². The van der Waals surface area contributed by atoms with Crippen LogP contribution in [0.3, 0.4) is 0 Å². The molecule has 1 N–H and O–H groups in total. The fourth-order valence-electron chi connectivity index (χ4n) is 3.22. The average molecular weight is 419 g/mol. The molecular weight excluding hydrogens is 388 g/mol. The van der Waals surface area contributed by atoms with Crippen LogP contribution >= 0.6 is 11.3 Å². The lowest BCUT2D eigenvalue weighted by atomic mass is 10.1. The van der Waals surface area contributed by atoms with Crippen LogP contribution in [0.4, 0.5) is 0 Å². The molecule has 7 heteroatoms. The van der Waals surface area contributed by atoms with E-state index >= 15 is 0 Å². The first-order chi connectivity index (χ1) is 13.7. The molecule has 0 bridgehead atoms. The summed E-state index contributed by atoms with van der Waals surface area (Å²) in [6.45, 7) is 10.2. The van der Waals surface area contributed by atoms with Crippen LogP contribution in [0.2, 0.25) is 0 Å². The number of Topliss-reactive ketones (excluding diaryl/α,β-unsaturated/α-hetero) is 1. The van der Waals surface area contributed by atoms with E-state index < -0.39 is 12.0 Å². The Bertz CT molecular complexity index is 853. The van der Waals surface area contributed by atoms with Gasteiger partial charge < -0.3 is 14.6 Å². The third kappa shape index (κ3) is 6.56. The number of esters is 1. The molecule has 6 nitrogen and oxygen atoms in total. The van der Waals surface area contributed by atoms with E-state index in [-0.39, 0.29) is 24.7 Å². The van der Waals surface area contributed by atoms with E-state index in [0.717, 1.165) is 29.2 Å². The fourth-order valence-corrected chi connectivity index (χ4v) is 4.00. The van der Waals surface area contributed by atoms with Gasteiger partial charge in [0.1, 0.15) is 0 Å². The van der Waals surface area contributed by atoms with Crippen LogP contribution in [-0.4, -0.2) is 28.8 Å². The number of ketones is 1. The number of ether oxygens (including phenoxy) is 1. The van der Waals surface area contributed by atoms with Gasteiger partial charge in [-0.05, 0) is 43.7 Å². The van der Waals surface area contributed by atoms with Crippen LogP contribution in [0.5, 0.6) is 0 Å². The quantitative estimate of drug-likeness (QED) is 0.463. The number of nitrogens with zero attached hydrogens (tertiary/aromatic N) is 1. The third-order valence-electron chi connectivity index (χ3n) is 4.80. The number of rotatable bonds is 10. The van der Waals surface area contributed by atoms with E-state index in [1.165, 1.54) is 18.3 Å². The average Bonchev–Trinajstić information content (AvgIpc) is 3.26. The summed E-state index contributed by atoms with van der Waals surface area (Å²) in [5.41, 5.74) is 2.52. The molecule has 0 aliphatic heterocycles. The van der Waals surface area contributed by atoms with E-state index in [1.54, 1.807) is 0 Å². The largest absolute Gasteiger partial charge is 0.457 e. The number of thiophene rings is 1. The fraction of sp³-hybridized carbons (Fsp3) is 0.500. The van der Waals surface area contributed by atoms with Crippen molar-refractivity contribution in [3.63, 3.8) is 0 Å². The Hall–Kier alpha value is -2.41. The molecule has 1 amide bonds. The first-order valence-corrected chi connectivity index (χ1v) is 10.7. The molecule has 29 heavy (non-hydrogen) atoms. The molecule has 2 aromatic rings. The lowest BCUT2D eigenvalue weighted by Gasteiger charge is -2.15. The SMILES string of the molecule is CC(=O)NC(CC(=O)OCC(=O)c1cc(C)n(CCC(C)C)c1C)c1cccs1. The Kier molecular flexibility index (Phi) is 8.20. The highest BCUT2D eigenvalue weighted by atomic mass is 32.1. The Morgan fingerprint density at radius 2 is 1.97 bits per heavy atom. The van der Waals surface area contributed by atoms with Crippen molar-refractivity contribution in [2.45, 2.75) is 60.0 Å². The second kappa shape index (κ2) is 10.4. The molecule has 0 fully saturated rings. The van der Waals surface area contributed by atoms with Gasteiger partial charge in [0.15, 0.2) is 6.61 Å². The number of aryl methyl sites for hydroxylation is 1. The molecular formula is C22H30N2O4S. The van der Waals surface area contributed by atoms with Crippen molar-refractivity contribution in [1.82, 2.24) is 9.88 Å². The van der Waals surface area contributed by atoms with Crippen molar-refractivity contribution in [3.8, 4) is 0 Å². The van der Waals surface area contributed by atoms with Gasteiger partial charge in [-0.15, -0.1) is 11.3 Å². The molecule has 0 radical (unpaired) electrons. The number of carbonyl (C=O) groups excluding carboxylic acids is 3. The molecule has 0 aliphatic rings. The maximum Gasteiger partial charge on any atom is 0.308 e. The Morgan fingerprint density at radius 1 is 1.24 bits per heavy atom. The van der Waals surface area contributed by atoms with Gasteiger partial charge >= 0.3 is 5.97 Å². The number of amides is 1. The summed E-state index contributed by atoms with van der Waals surface area (Å²) in [4.78, 5) is 37.2. The van der Waals surface area contributed by atoms with Crippen molar-refractivity contribution in [1.29, 1.82) is 0 Å². The highest BCUT2D eigenvalue weighted by Crippen LogP contribution is 2.23. The summed E-state index contributed by atoms with van der Waals surface area (Å²) in [6.07, 6.45) is 1.02. The van der Waals surface area contributed by atoms with Crippen molar-refractivity contribution >= 4 is 29.0 Å². The summed E-state index contributed by atoms with van der Waals surface area (Å²) < 4.78 is 7.36. The summed E-state index contributed by atoms with van der Waals surface area (Å²) >= 11 is 1.46. The van der Waals surface area contributed by atoms with Crippen molar-refractivity contribution in [2.24, 2.45) is 5.92 Å². The minimum atomic E-state index is -0.515. The van der Waals surface area contributed by atoms with Crippen LogP contribution in [-0.2, 0) is 20.9 Å². The molecule has 158 valence electrons. The van der Waals surface area contributed by atoms with Gasteiger partial charge in [0.05, 0.1) is 12.5 Å². The predicted octanol–water partition coefficient (Wildman–Crippen LogP) is 4.21. The van der Waals surface area contributed by atoms with Gasteiger partial charge in [0.25, 0.3) is 0 Å². The molecule has 1 unspecified atom stereocenters. The van der Waals surface area contributed by atoms with E-state index in [0.29, 0.717) is 11.5 Å². The number of nitrogens with one attached hydrogen (secondary N) is 1. The molecule has 0 aliphatic carbocycles. The van der Waals surface area contributed by atoms with Crippen molar-refractivity contribution in [2.75, 3.05) is 6.61 Å². The van der Waals surface area contributed by atoms with E-state index in [2.05, 4.69) is 23.7 Å². The summed E-state index contributed by atoms with van der Waals surface area (Å²) in [7, 11) is 0. The zero-order chi connectivity index (χ0) is 21.6. The summed E-state index contributed by atoms with van der Waals surface area (Å²) in [5, 5.41) is 4.64. The molecule has 2 aromatic heterocycles. The van der Waals surface area contributed by atoms with Crippen LogP contribution in [0.25, 0.3) is 0 Å². The Labute approximate surface area is 176 Å². The van der Waals surface area contributed by atoms with Crippen LogP contribution in [0.1, 0.15) is 66.3 Å². The Balaban J connectivity index is 1.96. The number of carbonyl (C=O) groups is 3. The molecule has 0 saturated carbocycles. The predicted molar refractivity (Wildman–Crippen MR) is 114 cm³/mol. The van der Waals surface area contributed by atoms with Crippen LogP contribution in [0, 0.1) is 19.8 Å². The van der Waals surface area contributed by atoms with Crippen LogP contribution in [0.15, 0.2) is 23.6 Å². The number of hydrogen-bond acceptors (Lipinski definition) is 5. The van der Waals surface area contributed by atoms with Crippen molar-refractivity contribution < 1.29 is 19.1 Å². The highest BCUT2D eigenvalue weighted by molar-refractivity contribution is 7.10. The van der Waals surface area contributed by atoms with Gasteiger partial charge in [-0.25, -0.2) is 0 Å². The van der Waals surface area contributed by atoms with Gasteiger partial charge in [0.2, 0.25) is 11.7 Å². The molecule has 0 saturated heterocycles. The van der Waals surface area contributed by atoms with E-state index in [1.807, 2.05) is 37.4 Å². The second-order valence-electron chi connectivity index (χ2n) is 7.68. The molecule has 0 spiro atoms. The minimum absolute atomic E-state index is 0.0131. The maximum atomic E-state index is 12.6. The first kappa shape index (κ1) is 22.9. The van der Waals surface area contributed by atoms with Gasteiger partial charge in [-0.3, -0.25) is 14.4 Å². The second-order valence-corrected chi connectivity index (χ2v) is 8.65. The smallest absolute Gasteiger partial charge is 0.308 e. The zero-order valence-electron chi connectivity index (χ0n) is 17.8. The lowest BCUT2D eigenvalue weighted by molar-refractivity contribution is -0.143. The maximum absolute atomic E-state index is 12.6. The minimum Gasteiger partial charge on any atom is -0.457 e. The number of hydrogen-bond donors (Lipinski definition) is 1. The Morgan fingerprint density at radius 3 is 2.55 bits per heavy atom. The monoisotopic (exact) mass is 418 g/mol. The molecule has 2 rings (SSSR count). The number of aromatic nitrogens is 1. The lowest BCUT2D eigenvalue weighted by Crippen LogP contribution is -2.28. The summed E-state index contributed by atoms with van der Waals surface area (Å²) in [6, 6.07) is 5.13. The third-order valence-corrected chi connectivity index (χ3v) is 5.79. The van der Waals surface area contributed by atoms with E-state index in [9.17, 15) is 14.4 Å². The van der Waals surface area contributed by atoms with Gasteiger partial charge in [-0.1, -0.05) is 19.9 Å². The molecule has 0 aromatic carbocycles. The molecule has 1 atom stereocenters. The highest BCUT2D eigenvalue weighted by Gasteiger charge is 2.21. The molecule has 2 heterocycles. The zero-order valence-corrected chi connectivity index (χ0v) is 18.6. The first-order valence-electron chi connectivity index (χ1n) is 9.85. The van der Waals surface area contributed by atoms with Gasteiger partial charge in [0, 0.05) is 35.3 Å². The van der Waals surface area contributed by atoms with Gasteiger partial charge in [-0.2, -0.15) is 0 Å². The van der Waals surface area contributed by atoms with E-state index in [4.69, 9.17) is 4.74 Å². The normalized spacial score (nSPS) is 12.1. The summed E-state index contributed by atoms with van der Waals surface area (Å²) in [5.74, 6) is -0.370.